The van der Waals surface area contributed by atoms with E-state index < -0.39 is 15.7 Å². The fourth-order valence-corrected chi connectivity index (χ4v) is 5.47. The summed E-state index contributed by atoms with van der Waals surface area (Å²) in [5.74, 6) is 1.16. The molecule has 168 valence electrons. The maximum atomic E-state index is 13.1. The van der Waals surface area contributed by atoms with Crippen LogP contribution in [-0.4, -0.2) is 45.6 Å². The molecule has 0 saturated carbocycles. The Morgan fingerprint density at radius 1 is 1.16 bits per heavy atom. The van der Waals surface area contributed by atoms with Gasteiger partial charge in [-0.15, -0.1) is 0 Å². The lowest BCUT2D eigenvalue weighted by molar-refractivity contribution is -0.123. The lowest BCUT2D eigenvalue weighted by Crippen LogP contribution is -2.38. The number of carbonyl (C=O) groups is 1. The van der Waals surface area contributed by atoms with E-state index in [0.717, 1.165) is 5.56 Å². The van der Waals surface area contributed by atoms with Crippen molar-refractivity contribution in [1.82, 2.24) is 5.32 Å². The number of ether oxygens (including phenoxy) is 2. The van der Waals surface area contributed by atoms with Gasteiger partial charge < -0.3 is 19.2 Å². The van der Waals surface area contributed by atoms with Gasteiger partial charge in [-0.05, 0) is 43.2 Å². The summed E-state index contributed by atoms with van der Waals surface area (Å²) in [6.07, 6.45) is 0.408. The number of hydrogen-bond donors (Lipinski definition) is 1. The highest BCUT2D eigenvalue weighted by atomic mass is 32.2. The minimum atomic E-state index is -3.07. The van der Waals surface area contributed by atoms with Gasteiger partial charge in [0.25, 0.3) is 5.91 Å². The van der Waals surface area contributed by atoms with E-state index in [1.165, 1.54) is 0 Å². The quantitative estimate of drug-likeness (QED) is 0.605. The molecule has 1 aliphatic rings. The van der Waals surface area contributed by atoms with Crippen LogP contribution in [0.1, 0.15) is 12.2 Å². The highest BCUT2D eigenvalue weighted by Gasteiger charge is 2.28. The number of hydrogen-bond acceptors (Lipinski definition) is 7. The van der Waals surface area contributed by atoms with Crippen LogP contribution in [0.4, 0.5) is 0 Å². The van der Waals surface area contributed by atoms with E-state index in [1.54, 1.807) is 56.5 Å². The van der Waals surface area contributed by atoms with Crippen molar-refractivity contribution in [3.05, 3.63) is 58.4 Å². The van der Waals surface area contributed by atoms with Crippen LogP contribution in [0.3, 0.4) is 0 Å². The lowest BCUT2D eigenvalue weighted by atomic mass is 10.0. The zero-order chi connectivity index (χ0) is 22.9. The van der Waals surface area contributed by atoms with Crippen LogP contribution in [0.5, 0.6) is 11.5 Å². The average Bonchev–Trinajstić information content (AvgIpc) is 3.10. The number of benzene rings is 2. The first-order chi connectivity index (χ1) is 15.3. The summed E-state index contributed by atoms with van der Waals surface area (Å²) >= 11 is 0. The molecule has 0 spiro atoms. The van der Waals surface area contributed by atoms with E-state index >= 15 is 0 Å². The number of nitrogens with one attached hydrogen (secondary N) is 1. The van der Waals surface area contributed by atoms with E-state index in [2.05, 4.69) is 5.32 Å². The molecular formula is C23H23NO7S. The molecule has 2 heterocycles. The predicted molar refractivity (Wildman–Crippen MR) is 120 cm³/mol. The molecule has 1 atom stereocenters. The zero-order valence-electron chi connectivity index (χ0n) is 17.7. The summed E-state index contributed by atoms with van der Waals surface area (Å²) in [5.41, 5.74) is 1.38. The van der Waals surface area contributed by atoms with Crippen LogP contribution < -0.4 is 20.2 Å². The lowest BCUT2D eigenvalue weighted by Gasteiger charge is -2.12. The second-order valence-corrected chi connectivity index (χ2v) is 9.93. The predicted octanol–water partition coefficient (Wildman–Crippen LogP) is 2.46. The average molecular weight is 458 g/mol. The maximum Gasteiger partial charge on any atom is 0.258 e. The monoisotopic (exact) mass is 457 g/mol. The molecule has 2 aromatic carbocycles. The normalized spacial score (nSPS) is 17.2. The van der Waals surface area contributed by atoms with Crippen LogP contribution >= 0.6 is 0 Å². The fraction of sp³-hybridized carbons (Fsp3) is 0.304. The number of aryl methyl sites for hydroxylation is 1. The molecule has 1 N–H and O–H groups in total. The van der Waals surface area contributed by atoms with E-state index in [-0.39, 0.29) is 29.6 Å². The second-order valence-electron chi connectivity index (χ2n) is 7.70. The van der Waals surface area contributed by atoms with Crippen LogP contribution in [0.15, 0.2) is 51.7 Å². The molecule has 4 rings (SSSR count). The van der Waals surface area contributed by atoms with Crippen LogP contribution in [0, 0.1) is 6.92 Å². The van der Waals surface area contributed by atoms with E-state index in [1.807, 2.05) is 0 Å². The molecule has 0 bridgehead atoms. The first kappa shape index (κ1) is 21.9. The molecule has 0 aliphatic carbocycles. The Labute approximate surface area is 185 Å². The Hall–Kier alpha value is -3.33. The van der Waals surface area contributed by atoms with E-state index in [9.17, 15) is 18.0 Å². The standard InChI is InChI=1S/C23H23NO7S/c1-14-22(15-3-5-17(29-2)6-4-15)23(26)19-8-7-18(11-20(19)31-14)30-12-21(25)24-16-9-10-32(27,28)13-16/h3-8,11,16H,9-10,12-13H2,1-2H3,(H,24,25)/t16-/m0/s1. The third-order valence-corrected chi connectivity index (χ3v) is 7.15. The molecule has 1 amide bonds. The number of fused-ring (bicyclic) bond motifs is 1. The van der Waals surface area contributed by atoms with Gasteiger partial charge in [-0.25, -0.2) is 8.42 Å². The number of amides is 1. The molecule has 1 saturated heterocycles. The van der Waals surface area contributed by atoms with Crippen LogP contribution in [-0.2, 0) is 14.6 Å². The minimum absolute atomic E-state index is 0.0460. The van der Waals surface area contributed by atoms with Gasteiger partial charge in [-0.2, -0.15) is 0 Å². The maximum absolute atomic E-state index is 13.1. The SMILES string of the molecule is COc1ccc(-c2c(C)oc3cc(OCC(=O)N[C@H]4CCS(=O)(=O)C4)ccc3c2=O)cc1. The van der Waals surface area contributed by atoms with E-state index in [0.29, 0.717) is 40.2 Å². The van der Waals surface area contributed by atoms with Crippen molar-refractivity contribution in [2.24, 2.45) is 0 Å². The Kier molecular flexibility index (Phi) is 5.92. The number of sulfone groups is 1. The molecule has 0 radical (unpaired) electrons. The molecule has 1 aliphatic heterocycles. The summed E-state index contributed by atoms with van der Waals surface area (Å²) < 4.78 is 39.6. The van der Waals surface area contributed by atoms with Crippen molar-refractivity contribution in [2.75, 3.05) is 25.2 Å². The number of rotatable bonds is 6. The summed E-state index contributed by atoms with van der Waals surface area (Å²) in [7, 11) is -1.50. The van der Waals surface area contributed by atoms with Crippen molar-refractivity contribution in [1.29, 1.82) is 0 Å². The van der Waals surface area contributed by atoms with Gasteiger partial charge in [-0.3, -0.25) is 9.59 Å². The summed E-state index contributed by atoms with van der Waals surface area (Å²) in [5, 5.41) is 3.07. The first-order valence-electron chi connectivity index (χ1n) is 10.1. The molecular weight excluding hydrogens is 434 g/mol. The van der Waals surface area contributed by atoms with Gasteiger partial charge in [0.15, 0.2) is 16.4 Å². The zero-order valence-corrected chi connectivity index (χ0v) is 18.5. The second kappa shape index (κ2) is 8.66. The molecule has 3 aromatic rings. The van der Waals surface area contributed by atoms with Crippen molar-refractivity contribution in [2.45, 2.75) is 19.4 Å². The molecule has 1 fully saturated rings. The molecule has 0 unspecified atom stereocenters. The fourth-order valence-electron chi connectivity index (χ4n) is 3.79. The summed E-state index contributed by atoms with van der Waals surface area (Å²) in [6, 6.07) is 11.5. The molecule has 9 heteroatoms. The number of methoxy groups -OCH3 is 1. The smallest absolute Gasteiger partial charge is 0.258 e. The molecule has 32 heavy (non-hydrogen) atoms. The van der Waals surface area contributed by atoms with Gasteiger partial charge in [0.05, 0.1) is 29.6 Å². The first-order valence-corrected chi connectivity index (χ1v) is 11.9. The Bertz CT molecular complexity index is 1330. The minimum Gasteiger partial charge on any atom is -0.497 e. The van der Waals surface area contributed by atoms with Crippen LogP contribution in [0.2, 0.25) is 0 Å². The van der Waals surface area contributed by atoms with Gasteiger partial charge in [0, 0.05) is 12.1 Å². The van der Waals surface area contributed by atoms with Crippen molar-refractivity contribution in [3.63, 3.8) is 0 Å². The topological polar surface area (TPSA) is 112 Å². The van der Waals surface area contributed by atoms with Crippen LogP contribution in [0.25, 0.3) is 22.1 Å². The van der Waals surface area contributed by atoms with E-state index in [4.69, 9.17) is 13.9 Å². The third-order valence-electron chi connectivity index (χ3n) is 5.39. The number of carbonyl (C=O) groups excluding carboxylic acids is 1. The largest absolute Gasteiger partial charge is 0.497 e. The van der Waals surface area contributed by atoms with Crippen molar-refractivity contribution in [3.8, 4) is 22.6 Å². The van der Waals surface area contributed by atoms with Crippen molar-refractivity contribution >= 4 is 26.7 Å². The molecule has 8 nitrogen and oxygen atoms in total. The van der Waals surface area contributed by atoms with Gasteiger partial charge in [0.1, 0.15) is 22.8 Å². The highest BCUT2D eigenvalue weighted by molar-refractivity contribution is 7.91. The highest BCUT2D eigenvalue weighted by Crippen LogP contribution is 2.27. The van der Waals surface area contributed by atoms with Gasteiger partial charge in [0.2, 0.25) is 5.43 Å². The summed E-state index contributed by atoms with van der Waals surface area (Å²) in [6.45, 7) is 1.45. The van der Waals surface area contributed by atoms with Gasteiger partial charge >= 0.3 is 0 Å². The summed E-state index contributed by atoms with van der Waals surface area (Å²) in [4.78, 5) is 25.2. The van der Waals surface area contributed by atoms with Crippen molar-refractivity contribution < 1.29 is 27.1 Å². The Morgan fingerprint density at radius 2 is 1.88 bits per heavy atom. The Balaban J connectivity index is 1.50. The molecule has 1 aromatic heterocycles. The third kappa shape index (κ3) is 4.62. The van der Waals surface area contributed by atoms with Gasteiger partial charge in [-0.1, -0.05) is 12.1 Å². The Morgan fingerprint density at radius 3 is 2.53 bits per heavy atom.